The molecule has 0 saturated heterocycles. The number of benzene rings is 1. The molecule has 0 fully saturated rings. The Morgan fingerprint density at radius 2 is 2.05 bits per heavy atom. The fraction of sp³-hybridized carbons (Fsp3) is 0.385. The Morgan fingerprint density at radius 1 is 1.26 bits per heavy atom. The van der Waals surface area contributed by atoms with Gasteiger partial charge in [-0.1, -0.05) is 41.3 Å². The predicted molar refractivity (Wildman–Crippen MR) is 75.3 cm³/mol. The average Bonchev–Trinajstić information content (AvgIpc) is 2.80. The van der Waals surface area contributed by atoms with Crippen LogP contribution in [0.1, 0.15) is 24.2 Å². The van der Waals surface area contributed by atoms with Gasteiger partial charge in [0.15, 0.2) is 5.82 Å². The van der Waals surface area contributed by atoms with Crippen LogP contribution in [0.15, 0.2) is 22.7 Å². The lowest BCUT2D eigenvalue weighted by Crippen LogP contribution is -2.17. The first kappa shape index (κ1) is 14.3. The summed E-state index contributed by atoms with van der Waals surface area (Å²) in [7, 11) is 1.97. The second-order valence-corrected chi connectivity index (χ2v) is 5.21. The molecule has 1 aromatic carbocycles. The molecule has 2 rings (SSSR count). The van der Waals surface area contributed by atoms with Gasteiger partial charge in [0.05, 0.1) is 6.54 Å². The zero-order chi connectivity index (χ0) is 13.8. The molecule has 102 valence electrons. The molecule has 0 aliphatic heterocycles. The fourth-order valence-electron chi connectivity index (χ4n) is 1.73. The molecular weight excluding hydrogens is 285 g/mol. The van der Waals surface area contributed by atoms with Crippen molar-refractivity contribution in [3.63, 3.8) is 0 Å². The Morgan fingerprint density at radius 3 is 2.68 bits per heavy atom. The van der Waals surface area contributed by atoms with Crippen LogP contribution in [0.5, 0.6) is 0 Å². The number of aromatic nitrogens is 2. The minimum absolute atomic E-state index is 0.589. The van der Waals surface area contributed by atoms with Crippen LogP contribution >= 0.6 is 23.2 Å². The molecule has 0 aliphatic rings. The summed E-state index contributed by atoms with van der Waals surface area (Å²) in [6, 6.07) is 5.50. The highest BCUT2D eigenvalue weighted by molar-refractivity contribution is 6.35. The Kier molecular flexibility index (Phi) is 4.80. The second kappa shape index (κ2) is 6.37. The van der Waals surface area contributed by atoms with Crippen LogP contribution in [0.4, 0.5) is 0 Å². The lowest BCUT2D eigenvalue weighted by atomic mass is 10.2. The molecule has 0 N–H and O–H groups in total. The third-order valence-corrected chi connectivity index (χ3v) is 3.27. The number of hydrogen-bond acceptors (Lipinski definition) is 4. The van der Waals surface area contributed by atoms with Crippen molar-refractivity contribution in [1.29, 1.82) is 0 Å². The van der Waals surface area contributed by atoms with Gasteiger partial charge in [0.2, 0.25) is 5.89 Å². The summed E-state index contributed by atoms with van der Waals surface area (Å²) in [6.07, 6.45) is 0.774. The molecule has 0 spiro atoms. The zero-order valence-corrected chi connectivity index (χ0v) is 12.4. The van der Waals surface area contributed by atoms with Crippen molar-refractivity contribution in [3.8, 4) is 0 Å². The summed E-state index contributed by atoms with van der Waals surface area (Å²) in [4.78, 5) is 6.33. The van der Waals surface area contributed by atoms with Crippen molar-refractivity contribution in [2.75, 3.05) is 7.05 Å². The lowest BCUT2D eigenvalue weighted by molar-refractivity contribution is 0.260. The van der Waals surface area contributed by atoms with Crippen LogP contribution in [-0.4, -0.2) is 22.1 Å². The minimum atomic E-state index is 0.589. The van der Waals surface area contributed by atoms with Gasteiger partial charge in [-0.05, 0) is 24.7 Å². The smallest absolute Gasteiger partial charge is 0.240 e. The van der Waals surface area contributed by atoms with Crippen molar-refractivity contribution in [1.82, 2.24) is 15.0 Å². The molecule has 0 aliphatic carbocycles. The normalized spacial score (nSPS) is 11.2. The van der Waals surface area contributed by atoms with E-state index in [2.05, 4.69) is 15.0 Å². The highest BCUT2D eigenvalue weighted by Crippen LogP contribution is 2.22. The number of aryl methyl sites for hydroxylation is 1. The van der Waals surface area contributed by atoms with Crippen LogP contribution in [0.3, 0.4) is 0 Å². The van der Waals surface area contributed by atoms with Crippen molar-refractivity contribution in [2.24, 2.45) is 0 Å². The molecule has 4 nitrogen and oxygen atoms in total. The number of halogens is 2. The zero-order valence-electron chi connectivity index (χ0n) is 10.9. The number of hydrogen-bond donors (Lipinski definition) is 0. The van der Waals surface area contributed by atoms with E-state index >= 15 is 0 Å². The van der Waals surface area contributed by atoms with Crippen molar-refractivity contribution in [2.45, 2.75) is 26.4 Å². The van der Waals surface area contributed by atoms with Crippen molar-refractivity contribution in [3.05, 3.63) is 45.5 Å². The maximum Gasteiger partial charge on any atom is 0.240 e. The standard InChI is InChI=1S/C13H15Cl2N3O/c1-3-12-16-13(19-17-12)8-18(2)7-9-4-5-10(14)6-11(9)15/h4-6H,3,7-8H2,1-2H3. The van der Waals surface area contributed by atoms with Gasteiger partial charge >= 0.3 is 0 Å². The minimum Gasteiger partial charge on any atom is -0.338 e. The molecule has 19 heavy (non-hydrogen) atoms. The third-order valence-electron chi connectivity index (χ3n) is 2.69. The average molecular weight is 300 g/mol. The predicted octanol–water partition coefficient (Wildman–Crippen LogP) is 3.57. The Hall–Kier alpha value is -1.10. The van der Waals surface area contributed by atoms with E-state index in [-0.39, 0.29) is 0 Å². The van der Waals surface area contributed by atoms with Crippen LogP contribution < -0.4 is 0 Å². The van der Waals surface area contributed by atoms with Crippen molar-refractivity contribution < 1.29 is 4.52 Å². The molecule has 0 amide bonds. The summed E-state index contributed by atoms with van der Waals surface area (Å²) in [5.41, 5.74) is 1.02. The summed E-state index contributed by atoms with van der Waals surface area (Å²) >= 11 is 12.0. The van der Waals surface area contributed by atoms with E-state index < -0.39 is 0 Å². The van der Waals surface area contributed by atoms with Crippen LogP contribution in [-0.2, 0) is 19.5 Å². The first-order chi connectivity index (χ1) is 9.08. The van der Waals surface area contributed by atoms with Crippen LogP contribution in [0.25, 0.3) is 0 Å². The topological polar surface area (TPSA) is 42.2 Å². The van der Waals surface area contributed by atoms with Crippen molar-refractivity contribution >= 4 is 23.2 Å². The first-order valence-corrected chi connectivity index (χ1v) is 6.78. The van der Waals surface area contributed by atoms with Gasteiger partial charge in [0, 0.05) is 23.0 Å². The van der Waals surface area contributed by atoms with Gasteiger partial charge in [0.1, 0.15) is 0 Å². The molecule has 0 bridgehead atoms. The lowest BCUT2D eigenvalue weighted by Gasteiger charge is -2.15. The maximum atomic E-state index is 6.14. The molecule has 1 heterocycles. The second-order valence-electron chi connectivity index (χ2n) is 4.37. The van der Waals surface area contributed by atoms with E-state index in [1.165, 1.54) is 0 Å². The summed E-state index contributed by atoms with van der Waals surface area (Å²) in [5, 5.41) is 5.17. The van der Waals surface area contributed by atoms with Gasteiger partial charge in [-0.25, -0.2) is 0 Å². The number of rotatable bonds is 5. The highest BCUT2D eigenvalue weighted by atomic mass is 35.5. The maximum absolute atomic E-state index is 6.14. The molecule has 0 radical (unpaired) electrons. The van der Waals surface area contributed by atoms with E-state index in [0.29, 0.717) is 29.0 Å². The Bertz CT molecular complexity index is 557. The quantitative estimate of drug-likeness (QED) is 0.846. The number of nitrogens with zero attached hydrogens (tertiary/aromatic N) is 3. The molecule has 0 unspecified atom stereocenters. The van der Waals surface area contributed by atoms with Gasteiger partial charge in [-0.3, -0.25) is 4.90 Å². The molecule has 0 atom stereocenters. The third kappa shape index (κ3) is 3.93. The molecule has 0 saturated carbocycles. The summed E-state index contributed by atoms with van der Waals surface area (Å²) < 4.78 is 5.16. The molecule has 1 aromatic heterocycles. The highest BCUT2D eigenvalue weighted by Gasteiger charge is 2.10. The Balaban J connectivity index is 1.98. The molecule has 2 aromatic rings. The van der Waals surface area contributed by atoms with Gasteiger partial charge in [-0.15, -0.1) is 0 Å². The van der Waals surface area contributed by atoms with E-state index in [1.807, 2.05) is 26.1 Å². The van der Waals surface area contributed by atoms with Gasteiger partial charge in [0.25, 0.3) is 0 Å². The first-order valence-electron chi connectivity index (χ1n) is 6.02. The van der Waals surface area contributed by atoms with Gasteiger partial charge < -0.3 is 4.52 Å². The monoisotopic (exact) mass is 299 g/mol. The molecular formula is C13H15Cl2N3O. The molecule has 6 heteroatoms. The van der Waals surface area contributed by atoms with Crippen LogP contribution in [0, 0.1) is 0 Å². The van der Waals surface area contributed by atoms with Gasteiger partial charge in [-0.2, -0.15) is 4.98 Å². The van der Waals surface area contributed by atoms with Crippen LogP contribution in [0.2, 0.25) is 10.0 Å². The van der Waals surface area contributed by atoms with E-state index in [4.69, 9.17) is 27.7 Å². The summed E-state index contributed by atoms with van der Waals surface area (Å²) in [5.74, 6) is 1.34. The SMILES string of the molecule is CCc1noc(CN(C)Cc2ccc(Cl)cc2Cl)n1. The van der Waals surface area contributed by atoms with E-state index in [0.717, 1.165) is 17.8 Å². The Labute approximate surface area is 122 Å². The van der Waals surface area contributed by atoms with E-state index in [9.17, 15) is 0 Å². The fourth-order valence-corrected chi connectivity index (χ4v) is 2.19. The van der Waals surface area contributed by atoms with E-state index in [1.54, 1.807) is 6.07 Å². The largest absolute Gasteiger partial charge is 0.338 e. The summed E-state index contributed by atoms with van der Waals surface area (Å²) in [6.45, 7) is 3.28.